The Bertz CT molecular complexity index is 916. The van der Waals surface area contributed by atoms with Crippen molar-refractivity contribution in [1.82, 2.24) is 5.32 Å². The van der Waals surface area contributed by atoms with E-state index < -0.39 is 0 Å². The van der Waals surface area contributed by atoms with E-state index >= 15 is 0 Å². The molecule has 0 radical (unpaired) electrons. The summed E-state index contributed by atoms with van der Waals surface area (Å²) in [6.07, 6.45) is 8.85. The van der Waals surface area contributed by atoms with Crippen LogP contribution in [-0.4, -0.2) is 36.3 Å². The van der Waals surface area contributed by atoms with E-state index in [1.165, 1.54) is 12.0 Å². The van der Waals surface area contributed by atoms with Gasteiger partial charge < -0.3 is 14.6 Å². The molecule has 3 rings (SSSR count). The second kappa shape index (κ2) is 12.0. The van der Waals surface area contributed by atoms with Crippen LogP contribution in [0.15, 0.2) is 24.3 Å². The van der Waals surface area contributed by atoms with Gasteiger partial charge in [-0.2, -0.15) is 0 Å². The van der Waals surface area contributed by atoms with Gasteiger partial charge in [0, 0.05) is 10.6 Å². The lowest BCUT2D eigenvalue weighted by Gasteiger charge is -2.59. The van der Waals surface area contributed by atoms with E-state index in [1.807, 2.05) is 12.1 Å². The molecule has 1 aromatic rings. The summed E-state index contributed by atoms with van der Waals surface area (Å²) < 4.78 is 12.4. The first-order chi connectivity index (χ1) is 17.0. The highest BCUT2D eigenvalue weighted by Gasteiger charge is 2.55. The number of rotatable bonds is 10. The summed E-state index contributed by atoms with van der Waals surface area (Å²) in [6, 6.07) is 8.01. The molecule has 1 aliphatic carbocycles. The molecule has 1 unspecified atom stereocenters. The van der Waals surface area contributed by atoms with Crippen LogP contribution in [0.3, 0.4) is 0 Å². The number of carbonyl (C=O) groups is 1. The second-order valence-corrected chi connectivity index (χ2v) is 13.6. The molecule has 1 atom stereocenters. The van der Waals surface area contributed by atoms with Crippen LogP contribution in [0.25, 0.3) is 0 Å². The molecule has 1 saturated carbocycles. The molecule has 2 aliphatic rings. The Morgan fingerprint density at radius 1 is 1.08 bits per heavy atom. The summed E-state index contributed by atoms with van der Waals surface area (Å²) >= 11 is 6.07. The molecule has 1 heterocycles. The van der Waals surface area contributed by atoms with E-state index in [1.54, 1.807) is 0 Å². The average Bonchev–Trinajstić information content (AvgIpc) is 2.96. The lowest BCUT2D eigenvalue weighted by molar-refractivity contribution is -0.116. The van der Waals surface area contributed by atoms with Crippen molar-refractivity contribution in [2.75, 3.05) is 0 Å². The maximum atomic E-state index is 11.5. The number of hydrogen-bond acceptors (Lipinski definition) is 5. The number of isocyanates is 1. The molecule has 2 fully saturated rings. The largest absolute Gasteiger partial charge is 0.457 e. The van der Waals surface area contributed by atoms with Crippen LogP contribution in [0.1, 0.15) is 93.1 Å². The van der Waals surface area contributed by atoms with Crippen LogP contribution >= 0.6 is 11.6 Å². The Balaban J connectivity index is 0.00000153. The van der Waals surface area contributed by atoms with Gasteiger partial charge in [-0.25, -0.2) is 10.2 Å². The first-order valence-corrected chi connectivity index (χ1v) is 13.8. The fraction of sp³-hybridized carbons (Fsp3) is 0.724. The van der Waals surface area contributed by atoms with Gasteiger partial charge in [-0.1, -0.05) is 64.3 Å². The fourth-order valence-corrected chi connectivity index (χ4v) is 5.97. The smallest absolute Gasteiger partial charge is 0.403 e. The molecule has 1 amide bonds. The lowest BCUT2D eigenvalue weighted by atomic mass is 9.48. The summed E-state index contributed by atoms with van der Waals surface area (Å²) in [5.41, 5.74) is 0.907. The van der Waals surface area contributed by atoms with Crippen LogP contribution in [-0.2, 0) is 25.3 Å². The Morgan fingerprint density at radius 2 is 1.59 bits per heavy atom. The predicted octanol–water partition coefficient (Wildman–Crippen LogP) is 6.99. The zero-order valence-electron chi connectivity index (χ0n) is 24.0. The van der Waals surface area contributed by atoms with Gasteiger partial charge in [0.25, 0.3) is 0 Å². The predicted molar refractivity (Wildman–Crippen MR) is 151 cm³/mol. The molecule has 8 heteroatoms. The molecule has 2 N–H and O–H groups in total. The quantitative estimate of drug-likeness (QED) is 0.112. The highest BCUT2D eigenvalue weighted by atomic mass is 35.5. The monoisotopic (exact) mass is 532 g/mol. The molecule has 0 spiro atoms. The molecule has 1 aliphatic heterocycles. The minimum absolute atomic E-state index is 0.113. The molecule has 1 saturated heterocycles. The van der Waals surface area contributed by atoms with Crippen molar-refractivity contribution >= 4 is 31.2 Å². The third-order valence-electron chi connectivity index (χ3n) is 9.40. The van der Waals surface area contributed by atoms with E-state index in [0.717, 1.165) is 55.9 Å². The molecule has 37 heavy (non-hydrogen) atoms. The number of amides is 1. The van der Waals surface area contributed by atoms with Crippen molar-refractivity contribution in [2.45, 2.75) is 117 Å². The third-order valence-corrected chi connectivity index (χ3v) is 9.65. The number of halogens is 1. The van der Waals surface area contributed by atoms with E-state index in [-0.39, 0.29) is 34.7 Å². The van der Waals surface area contributed by atoms with Crippen LogP contribution in [0.4, 0.5) is 0 Å². The van der Waals surface area contributed by atoms with Crippen LogP contribution < -0.4 is 5.32 Å². The van der Waals surface area contributed by atoms with E-state index in [9.17, 15) is 4.79 Å². The van der Waals surface area contributed by atoms with Gasteiger partial charge in [0.15, 0.2) is 0 Å². The summed E-state index contributed by atoms with van der Waals surface area (Å²) in [7, 11) is -0.113. The normalized spacial score (nSPS) is 25.6. The molecule has 206 valence electrons. The maximum Gasteiger partial charge on any atom is 0.457 e. The van der Waals surface area contributed by atoms with Gasteiger partial charge >= 0.3 is 7.12 Å². The first-order valence-electron chi connectivity index (χ1n) is 13.4. The SMILES string of the molecule is CC(C)(C)C(C)(CCCCB1OC(C)(C)C(C)(C)O1)C1CC(Cc2ccc(Cl)cc2)(NC=O)C1.N=C=O. The minimum Gasteiger partial charge on any atom is -0.403 e. The second-order valence-electron chi connectivity index (χ2n) is 13.2. The summed E-state index contributed by atoms with van der Waals surface area (Å²) in [5, 5.41) is 9.33. The van der Waals surface area contributed by atoms with Crippen molar-refractivity contribution in [3.05, 3.63) is 34.9 Å². The number of benzene rings is 1. The van der Waals surface area contributed by atoms with E-state index in [2.05, 4.69) is 72.8 Å². The Hall–Kier alpha value is -1.66. The van der Waals surface area contributed by atoms with Crippen molar-refractivity contribution in [1.29, 1.82) is 5.41 Å². The fourth-order valence-electron chi connectivity index (χ4n) is 5.84. The zero-order chi connectivity index (χ0) is 28.1. The summed E-state index contributed by atoms with van der Waals surface area (Å²) in [5.74, 6) is 0.573. The first kappa shape index (κ1) is 31.6. The Kier molecular flexibility index (Phi) is 10.3. The molecule has 6 nitrogen and oxygen atoms in total. The van der Waals surface area contributed by atoms with Crippen LogP contribution in [0.5, 0.6) is 0 Å². The minimum atomic E-state index is -0.261. The van der Waals surface area contributed by atoms with Gasteiger partial charge in [-0.3, -0.25) is 4.79 Å². The summed E-state index contributed by atoms with van der Waals surface area (Å²) in [4.78, 5) is 19.8. The molecule has 0 bridgehead atoms. The van der Waals surface area contributed by atoms with Crippen molar-refractivity contribution in [3.8, 4) is 0 Å². The molecular weight excluding hydrogens is 487 g/mol. The van der Waals surface area contributed by atoms with Gasteiger partial charge in [0.1, 0.15) is 0 Å². The lowest BCUT2D eigenvalue weighted by Crippen LogP contribution is -2.61. The van der Waals surface area contributed by atoms with Crippen molar-refractivity contribution in [2.24, 2.45) is 16.7 Å². The van der Waals surface area contributed by atoms with Crippen molar-refractivity contribution in [3.63, 3.8) is 0 Å². The number of unbranched alkanes of at least 4 members (excludes halogenated alkanes) is 1. The van der Waals surface area contributed by atoms with E-state index in [0.29, 0.717) is 5.92 Å². The Morgan fingerprint density at radius 3 is 2.05 bits per heavy atom. The summed E-state index contributed by atoms with van der Waals surface area (Å²) in [6.45, 7) is 18.0. The highest BCUT2D eigenvalue weighted by Crippen LogP contribution is 2.58. The molecular formula is C29H46BClN2O4. The highest BCUT2D eigenvalue weighted by molar-refractivity contribution is 6.45. The van der Waals surface area contributed by atoms with Gasteiger partial charge in [-0.15, -0.1) is 0 Å². The average molecular weight is 533 g/mol. The standard InChI is InChI=1S/C28H45BClNO3.CHNO/c1-24(2,3)27(8,15-9-10-16-29-33-25(4,5)26(6,7)34-29)22-18-28(19-22,31-20-32)17-21-11-13-23(30)14-12-21;2-1-3/h11-14,20,22H,9-10,15-19H2,1-8H3,(H,31,32);2H. The van der Waals surface area contributed by atoms with Crippen LogP contribution in [0, 0.1) is 22.2 Å². The van der Waals surface area contributed by atoms with Gasteiger partial charge in [0.05, 0.1) is 11.2 Å². The number of carbonyl (C=O) groups excluding carboxylic acids is 2. The maximum absolute atomic E-state index is 11.5. The molecule has 1 aromatic carbocycles. The van der Waals surface area contributed by atoms with Gasteiger partial charge in [0.2, 0.25) is 12.5 Å². The number of hydrogen-bond donors (Lipinski definition) is 2. The van der Waals surface area contributed by atoms with E-state index in [4.69, 9.17) is 31.1 Å². The van der Waals surface area contributed by atoms with Gasteiger partial charge in [-0.05, 0) is 94.1 Å². The van der Waals surface area contributed by atoms with Crippen LogP contribution in [0.2, 0.25) is 11.3 Å². The Labute approximate surface area is 229 Å². The topological polar surface area (TPSA) is 88.5 Å². The molecule has 0 aromatic heterocycles. The number of nitrogens with one attached hydrogen (secondary N) is 2. The third kappa shape index (κ3) is 7.47. The van der Waals surface area contributed by atoms with Crippen molar-refractivity contribution < 1.29 is 18.9 Å². The zero-order valence-corrected chi connectivity index (χ0v) is 24.8.